The molecule has 6 nitrogen and oxygen atoms in total. The molecule has 0 atom stereocenters. The molecule has 0 aromatic heterocycles. The number of nitrogens with zero attached hydrogens (tertiary/aromatic N) is 3. The van der Waals surface area contributed by atoms with Crippen molar-refractivity contribution in [2.24, 2.45) is 5.16 Å². The number of nitro groups is 1. The highest BCUT2D eigenvalue weighted by molar-refractivity contribution is 5.88. The van der Waals surface area contributed by atoms with Crippen LogP contribution in [0.2, 0.25) is 0 Å². The molecular formula is C9H11N3O3. The van der Waals surface area contributed by atoms with E-state index in [4.69, 9.17) is 5.21 Å². The lowest BCUT2D eigenvalue weighted by Crippen LogP contribution is -2.11. The predicted octanol–water partition coefficient (Wildman–Crippen LogP) is 1.47. The zero-order chi connectivity index (χ0) is 11.4. The molecule has 0 amide bonds. The Kier molecular flexibility index (Phi) is 3.22. The smallest absolute Gasteiger partial charge is 0.270 e. The van der Waals surface area contributed by atoms with Crippen LogP contribution >= 0.6 is 0 Å². The van der Waals surface area contributed by atoms with Crippen molar-refractivity contribution in [1.82, 2.24) is 0 Å². The van der Waals surface area contributed by atoms with E-state index in [-0.39, 0.29) is 5.69 Å². The quantitative estimate of drug-likeness (QED) is 0.354. The molecule has 0 heterocycles. The summed E-state index contributed by atoms with van der Waals surface area (Å²) in [6.07, 6.45) is 1.17. The SMILES string of the molecule is CN(C)c1ccc([N+](=O)[O-])cc1/C=N/O. The fourth-order valence-electron chi connectivity index (χ4n) is 1.23. The second kappa shape index (κ2) is 4.41. The van der Waals surface area contributed by atoms with Gasteiger partial charge >= 0.3 is 0 Å². The zero-order valence-corrected chi connectivity index (χ0v) is 8.41. The van der Waals surface area contributed by atoms with Crippen LogP contribution in [0, 0.1) is 10.1 Å². The number of anilines is 1. The Morgan fingerprint density at radius 3 is 2.67 bits per heavy atom. The molecule has 0 aliphatic carbocycles. The average molecular weight is 209 g/mol. The molecule has 0 radical (unpaired) electrons. The van der Waals surface area contributed by atoms with Crippen molar-refractivity contribution in [3.05, 3.63) is 33.9 Å². The third-order valence-electron chi connectivity index (χ3n) is 1.90. The molecule has 15 heavy (non-hydrogen) atoms. The van der Waals surface area contributed by atoms with Crippen molar-refractivity contribution in [1.29, 1.82) is 0 Å². The molecule has 0 bridgehead atoms. The monoisotopic (exact) mass is 209 g/mol. The minimum atomic E-state index is -0.492. The van der Waals surface area contributed by atoms with Crippen LogP contribution in [-0.4, -0.2) is 30.4 Å². The van der Waals surface area contributed by atoms with Crippen molar-refractivity contribution in [3.8, 4) is 0 Å². The van der Waals surface area contributed by atoms with E-state index < -0.39 is 4.92 Å². The number of hydrogen-bond donors (Lipinski definition) is 1. The van der Waals surface area contributed by atoms with Crippen molar-refractivity contribution < 1.29 is 10.1 Å². The molecule has 1 rings (SSSR count). The van der Waals surface area contributed by atoms with Crippen LogP contribution in [0.4, 0.5) is 11.4 Å². The topological polar surface area (TPSA) is 79.0 Å². The Balaban J connectivity index is 3.26. The molecule has 1 aromatic rings. The lowest BCUT2D eigenvalue weighted by atomic mass is 10.1. The average Bonchev–Trinajstić information content (AvgIpc) is 2.17. The van der Waals surface area contributed by atoms with E-state index in [0.717, 1.165) is 5.69 Å². The van der Waals surface area contributed by atoms with Crippen LogP contribution in [0.3, 0.4) is 0 Å². The van der Waals surface area contributed by atoms with Crippen LogP contribution in [0.25, 0.3) is 0 Å². The highest BCUT2D eigenvalue weighted by atomic mass is 16.6. The van der Waals surface area contributed by atoms with Gasteiger partial charge in [-0.2, -0.15) is 0 Å². The van der Waals surface area contributed by atoms with Gasteiger partial charge in [0, 0.05) is 37.5 Å². The van der Waals surface area contributed by atoms with Gasteiger partial charge in [-0.25, -0.2) is 0 Å². The van der Waals surface area contributed by atoms with E-state index in [0.29, 0.717) is 5.56 Å². The van der Waals surface area contributed by atoms with Crippen molar-refractivity contribution in [2.45, 2.75) is 0 Å². The highest BCUT2D eigenvalue weighted by Gasteiger charge is 2.10. The minimum Gasteiger partial charge on any atom is -0.411 e. The van der Waals surface area contributed by atoms with Crippen LogP contribution in [0.5, 0.6) is 0 Å². The van der Waals surface area contributed by atoms with Crippen LogP contribution in [0.1, 0.15) is 5.56 Å². The molecule has 0 fully saturated rings. The van der Waals surface area contributed by atoms with Gasteiger partial charge in [-0.1, -0.05) is 5.16 Å². The molecule has 1 aromatic carbocycles. The summed E-state index contributed by atoms with van der Waals surface area (Å²) in [7, 11) is 3.60. The Hall–Kier alpha value is -2.11. The molecule has 0 aliphatic rings. The van der Waals surface area contributed by atoms with Gasteiger partial charge < -0.3 is 10.1 Å². The Morgan fingerprint density at radius 2 is 2.20 bits per heavy atom. The third-order valence-corrected chi connectivity index (χ3v) is 1.90. The summed E-state index contributed by atoms with van der Waals surface area (Å²) in [6.45, 7) is 0. The fourth-order valence-corrected chi connectivity index (χ4v) is 1.23. The number of oxime groups is 1. The van der Waals surface area contributed by atoms with Gasteiger partial charge in [-0.05, 0) is 6.07 Å². The number of non-ortho nitro benzene ring substituents is 1. The van der Waals surface area contributed by atoms with Crippen LogP contribution < -0.4 is 4.90 Å². The first-order chi connectivity index (χ1) is 7.06. The maximum absolute atomic E-state index is 10.5. The van der Waals surface area contributed by atoms with Gasteiger partial charge in [-0.15, -0.1) is 0 Å². The van der Waals surface area contributed by atoms with E-state index in [2.05, 4.69) is 5.16 Å². The number of hydrogen-bond acceptors (Lipinski definition) is 5. The van der Waals surface area contributed by atoms with E-state index in [9.17, 15) is 10.1 Å². The molecule has 6 heteroatoms. The normalized spacial score (nSPS) is 10.5. The van der Waals surface area contributed by atoms with Crippen LogP contribution in [-0.2, 0) is 0 Å². The summed E-state index contributed by atoms with van der Waals surface area (Å²) < 4.78 is 0. The van der Waals surface area contributed by atoms with Crippen molar-refractivity contribution >= 4 is 17.6 Å². The second-order valence-corrected chi connectivity index (χ2v) is 3.14. The molecule has 0 unspecified atom stereocenters. The summed E-state index contributed by atoms with van der Waals surface area (Å²) >= 11 is 0. The molecule has 0 spiro atoms. The second-order valence-electron chi connectivity index (χ2n) is 3.14. The van der Waals surface area contributed by atoms with Gasteiger partial charge in [0.15, 0.2) is 0 Å². The fraction of sp³-hybridized carbons (Fsp3) is 0.222. The summed E-state index contributed by atoms with van der Waals surface area (Å²) in [5.41, 5.74) is 1.21. The summed E-state index contributed by atoms with van der Waals surface area (Å²) in [5.74, 6) is 0. The Bertz CT molecular complexity index is 402. The van der Waals surface area contributed by atoms with Gasteiger partial charge in [-0.3, -0.25) is 10.1 Å². The molecule has 80 valence electrons. The van der Waals surface area contributed by atoms with E-state index in [1.807, 2.05) is 0 Å². The molecule has 1 N–H and O–H groups in total. The predicted molar refractivity (Wildman–Crippen MR) is 56.8 cm³/mol. The number of benzene rings is 1. The van der Waals surface area contributed by atoms with Gasteiger partial charge in [0.25, 0.3) is 5.69 Å². The molecule has 0 saturated carbocycles. The summed E-state index contributed by atoms with van der Waals surface area (Å²) in [6, 6.07) is 4.37. The Morgan fingerprint density at radius 1 is 1.53 bits per heavy atom. The largest absolute Gasteiger partial charge is 0.411 e. The molecule has 0 aliphatic heterocycles. The van der Waals surface area contributed by atoms with Gasteiger partial charge in [0.05, 0.1) is 11.1 Å². The lowest BCUT2D eigenvalue weighted by Gasteiger charge is -2.14. The first-order valence-electron chi connectivity index (χ1n) is 4.19. The van der Waals surface area contributed by atoms with Crippen molar-refractivity contribution in [3.63, 3.8) is 0 Å². The molecule has 0 saturated heterocycles. The minimum absolute atomic E-state index is 0.0319. The first kappa shape index (κ1) is 11.0. The van der Waals surface area contributed by atoms with Crippen molar-refractivity contribution in [2.75, 3.05) is 19.0 Å². The third kappa shape index (κ3) is 2.43. The van der Waals surface area contributed by atoms with E-state index in [1.165, 1.54) is 18.3 Å². The number of nitro benzene ring substituents is 1. The zero-order valence-electron chi connectivity index (χ0n) is 8.41. The highest BCUT2D eigenvalue weighted by Crippen LogP contribution is 2.22. The van der Waals surface area contributed by atoms with E-state index in [1.54, 1.807) is 25.1 Å². The van der Waals surface area contributed by atoms with Gasteiger partial charge in [0.2, 0.25) is 0 Å². The lowest BCUT2D eigenvalue weighted by molar-refractivity contribution is -0.384. The number of rotatable bonds is 3. The maximum atomic E-state index is 10.5. The standard InChI is InChI=1S/C9H11N3O3/c1-11(2)9-4-3-8(12(14)15)5-7(9)6-10-13/h3-6,13H,1-2H3/b10-6+. The van der Waals surface area contributed by atoms with E-state index >= 15 is 0 Å². The summed E-state index contributed by atoms with van der Waals surface area (Å²) in [5, 5.41) is 21.8. The maximum Gasteiger partial charge on any atom is 0.270 e. The van der Waals surface area contributed by atoms with Gasteiger partial charge in [0.1, 0.15) is 0 Å². The molecular weight excluding hydrogens is 198 g/mol. The first-order valence-corrected chi connectivity index (χ1v) is 4.19. The summed E-state index contributed by atoms with van der Waals surface area (Å²) in [4.78, 5) is 11.8. The Labute approximate surface area is 86.6 Å². The van der Waals surface area contributed by atoms with Crippen LogP contribution in [0.15, 0.2) is 23.4 Å².